The topological polar surface area (TPSA) is 41.5 Å². The predicted molar refractivity (Wildman–Crippen MR) is 84.5 cm³/mol. The van der Waals surface area contributed by atoms with Crippen molar-refractivity contribution in [2.24, 2.45) is 5.92 Å². The van der Waals surface area contributed by atoms with Gasteiger partial charge in [-0.15, -0.1) is 0 Å². The minimum absolute atomic E-state index is 0.217. The van der Waals surface area contributed by atoms with Crippen LogP contribution in [0.1, 0.15) is 30.9 Å². The molecule has 3 unspecified atom stereocenters. The lowest BCUT2D eigenvalue weighted by Gasteiger charge is -2.37. The van der Waals surface area contributed by atoms with Crippen molar-refractivity contribution in [3.63, 3.8) is 0 Å². The second kappa shape index (κ2) is 5.32. The molecule has 2 aromatic rings. The quantitative estimate of drug-likeness (QED) is 0.906. The van der Waals surface area contributed by atoms with Crippen molar-refractivity contribution in [1.29, 1.82) is 0 Å². The van der Waals surface area contributed by atoms with Gasteiger partial charge in [-0.25, -0.2) is 0 Å². The summed E-state index contributed by atoms with van der Waals surface area (Å²) in [7, 11) is 0. The van der Waals surface area contributed by atoms with Gasteiger partial charge < -0.3 is 15.2 Å². The van der Waals surface area contributed by atoms with Crippen molar-refractivity contribution in [1.82, 2.24) is 0 Å². The van der Waals surface area contributed by atoms with E-state index in [0.717, 1.165) is 25.9 Å². The summed E-state index contributed by atoms with van der Waals surface area (Å²) in [5.74, 6) is 0.533. The van der Waals surface area contributed by atoms with Crippen molar-refractivity contribution < 1.29 is 9.84 Å². The minimum atomic E-state index is 0.217. The Hall–Kier alpha value is -1.58. The molecule has 4 rings (SSSR count). The van der Waals surface area contributed by atoms with Crippen molar-refractivity contribution >= 4 is 16.5 Å². The lowest BCUT2D eigenvalue weighted by molar-refractivity contribution is 0.0815. The first-order valence-corrected chi connectivity index (χ1v) is 7.89. The molecule has 0 saturated carbocycles. The van der Waals surface area contributed by atoms with Crippen LogP contribution in [0.2, 0.25) is 0 Å². The van der Waals surface area contributed by atoms with Gasteiger partial charge in [0.1, 0.15) is 0 Å². The third-order valence-electron chi connectivity index (χ3n) is 4.93. The molecule has 0 spiro atoms. The molecule has 21 heavy (non-hydrogen) atoms. The molecule has 2 aliphatic rings. The minimum Gasteiger partial charge on any atom is -0.396 e. The SMILES string of the molecule is OCCCC1Nc2c(ccc3ccccc23)C2OCCC12. The summed E-state index contributed by atoms with van der Waals surface area (Å²) in [6.45, 7) is 1.11. The van der Waals surface area contributed by atoms with E-state index in [2.05, 4.69) is 41.7 Å². The highest BCUT2D eigenvalue weighted by Gasteiger charge is 2.40. The lowest BCUT2D eigenvalue weighted by atomic mass is 9.81. The number of hydrogen-bond donors (Lipinski definition) is 2. The molecule has 3 atom stereocenters. The number of benzene rings is 2. The van der Waals surface area contributed by atoms with Crippen LogP contribution in [0.15, 0.2) is 36.4 Å². The number of fused-ring (bicyclic) bond motifs is 5. The van der Waals surface area contributed by atoms with E-state index in [0.29, 0.717) is 12.0 Å². The van der Waals surface area contributed by atoms with E-state index >= 15 is 0 Å². The Morgan fingerprint density at radius 1 is 1.19 bits per heavy atom. The summed E-state index contributed by atoms with van der Waals surface area (Å²) < 4.78 is 6.04. The highest BCUT2D eigenvalue weighted by Crippen LogP contribution is 2.47. The third-order valence-corrected chi connectivity index (χ3v) is 4.93. The van der Waals surface area contributed by atoms with Crippen LogP contribution in [0, 0.1) is 5.92 Å². The van der Waals surface area contributed by atoms with Gasteiger partial charge in [0.15, 0.2) is 0 Å². The second-order valence-electron chi connectivity index (χ2n) is 6.11. The second-order valence-corrected chi connectivity index (χ2v) is 6.11. The summed E-state index contributed by atoms with van der Waals surface area (Å²) in [6, 6.07) is 13.3. The highest BCUT2D eigenvalue weighted by atomic mass is 16.5. The van der Waals surface area contributed by atoms with Gasteiger partial charge in [0.05, 0.1) is 6.10 Å². The summed E-state index contributed by atoms with van der Waals surface area (Å²) in [5, 5.41) is 15.4. The summed E-state index contributed by atoms with van der Waals surface area (Å²) in [4.78, 5) is 0. The van der Waals surface area contributed by atoms with Gasteiger partial charge in [-0.05, 0) is 24.6 Å². The van der Waals surface area contributed by atoms with Gasteiger partial charge in [0.25, 0.3) is 0 Å². The average molecular weight is 283 g/mol. The Morgan fingerprint density at radius 3 is 3.00 bits per heavy atom. The van der Waals surface area contributed by atoms with Gasteiger partial charge in [0, 0.05) is 41.8 Å². The van der Waals surface area contributed by atoms with Gasteiger partial charge in [-0.2, -0.15) is 0 Å². The molecule has 0 bridgehead atoms. The smallest absolute Gasteiger partial charge is 0.0893 e. The summed E-state index contributed by atoms with van der Waals surface area (Å²) >= 11 is 0. The Labute approximate surface area is 124 Å². The van der Waals surface area contributed by atoms with Crippen LogP contribution in [-0.2, 0) is 4.74 Å². The molecule has 1 saturated heterocycles. The molecule has 2 N–H and O–H groups in total. The van der Waals surface area contributed by atoms with Crippen LogP contribution in [0.25, 0.3) is 10.8 Å². The van der Waals surface area contributed by atoms with E-state index in [1.165, 1.54) is 22.0 Å². The average Bonchev–Trinajstić information content (AvgIpc) is 3.02. The maximum atomic E-state index is 9.15. The number of nitrogens with one attached hydrogen (secondary N) is 1. The van der Waals surface area contributed by atoms with Gasteiger partial charge in [-0.3, -0.25) is 0 Å². The number of rotatable bonds is 3. The fourth-order valence-corrected chi connectivity index (χ4v) is 3.92. The maximum absolute atomic E-state index is 9.15. The molecule has 3 heteroatoms. The summed E-state index contributed by atoms with van der Waals surface area (Å²) in [6.07, 6.45) is 3.18. The van der Waals surface area contributed by atoms with Crippen molar-refractivity contribution in [3.05, 3.63) is 42.0 Å². The van der Waals surface area contributed by atoms with E-state index in [9.17, 15) is 0 Å². The molecule has 0 amide bonds. The largest absolute Gasteiger partial charge is 0.396 e. The zero-order valence-electron chi connectivity index (χ0n) is 12.1. The Morgan fingerprint density at radius 2 is 2.10 bits per heavy atom. The molecule has 110 valence electrons. The van der Waals surface area contributed by atoms with Gasteiger partial charge >= 0.3 is 0 Å². The Balaban J connectivity index is 1.80. The molecule has 3 nitrogen and oxygen atoms in total. The van der Waals surface area contributed by atoms with E-state index < -0.39 is 0 Å². The molecule has 1 fully saturated rings. The first-order valence-electron chi connectivity index (χ1n) is 7.89. The van der Waals surface area contributed by atoms with Crippen LogP contribution in [0.4, 0.5) is 5.69 Å². The molecular formula is C18H21NO2. The molecular weight excluding hydrogens is 262 g/mol. The summed E-state index contributed by atoms with van der Waals surface area (Å²) in [5.41, 5.74) is 2.54. The fraction of sp³-hybridized carbons (Fsp3) is 0.444. The van der Waals surface area contributed by atoms with Crippen LogP contribution in [0.5, 0.6) is 0 Å². The van der Waals surface area contributed by atoms with Gasteiger partial charge in [0.2, 0.25) is 0 Å². The Kier molecular flexibility index (Phi) is 3.32. The number of ether oxygens (including phenoxy) is 1. The van der Waals surface area contributed by atoms with E-state index in [1.54, 1.807) is 0 Å². The molecule has 2 aliphatic heterocycles. The van der Waals surface area contributed by atoms with Crippen molar-refractivity contribution in [2.75, 3.05) is 18.5 Å². The molecule has 2 aromatic carbocycles. The molecule has 0 aromatic heterocycles. The number of aliphatic hydroxyl groups is 1. The van der Waals surface area contributed by atoms with Crippen molar-refractivity contribution in [3.8, 4) is 0 Å². The number of anilines is 1. The predicted octanol–water partition coefficient (Wildman–Crippen LogP) is 3.48. The third kappa shape index (κ3) is 2.12. The van der Waals surface area contributed by atoms with Crippen LogP contribution < -0.4 is 5.32 Å². The van der Waals surface area contributed by atoms with E-state index in [1.807, 2.05) is 0 Å². The zero-order chi connectivity index (χ0) is 14.2. The van der Waals surface area contributed by atoms with E-state index in [-0.39, 0.29) is 12.7 Å². The zero-order valence-corrected chi connectivity index (χ0v) is 12.1. The fourth-order valence-electron chi connectivity index (χ4n) is 3.92. The molecule has 0 radical (unpaired) electrons. The highest BCUT2D eigenvalue weighted by molar-refractivity contribution is 5.96. The first kappa shape index (κ1) is 13.1. The Bertz CT molecular complexity index is 655. The maximum Gasteiger partial charge on any atom is 0.0893 e. The van der Waals surface area contributed by atoms with E-state index in [4.69, 9.17) is 9.84 Å². The molecule has 0 aliphatic carbocycles. The normalized spacial score (nSPS) is 27.2. The number of aliphatic hydroxyl groups excluding tert-OH is 1. The van der Waals surface area contributed by atoms with Gasteiger partial charge in [-0.1, -0.05) is 36.4 Å². The van der Waals surface area contributed by atoms with Crippen LogP contribution in [-0.4, -0.2) is 24.4 Å². The lowest BCUT2D eigenvalue weighted by Crippen LogP contribution is -2.36. The monoisotopic (exact) mass is 283 g/mol. The first-order chi connectivity index (χ1) is 10.4. The number of hydrogen-bond acceptors (Lipinski definition) is 3. The van der Waals surface area contributed by atoms with Crippen LogP contribution >= 0.6 is 0 Å². The molecule has 2 heterocycles. The van der Waals surface area contributed by atoms with Crippen molar-refractivity contribution in [2.45, 2.75) is 31.4 Å². The van der Waals surface area contributed by atoms with Crippen LogP contribution in [0.3, 0.4) is 0 Å². The standard InChI is InChI=1S/C18H21NO2/c20-10-3-6-16-14-9-11-21-18(14)15-8-7-12-4-1-2-5-13(12)17(15)19-16/h1-2,4-5,7-8,14,16,18-20H,3,6,9-11H2.